The third-order valence-corrected chi connectivity index (χ3v) is 5.22. The monoisotopic (exact) mass is 266 g/mol. The number of phenolic OH excluding ortho intramolecular Hbond substituents is 1. The highest BCUT2D eigenvalue weighted by Crippen LogP contribution is 2.57. The molecule has 1 aromatic carbocycles. The second-order valence-corrected chi connectivity index (χ2v) is 6.36. The van der Waals surface area contributed by atoms with Gasteiger partial charge in [0.2, 0.25) is 0 Å². The van der Waals surface area contributed by atoms with Crippen molar-refractivity contribution in [3.8, 4) is 5.75 Å². The quantitative estimate of drug-likeness (QED) is 0.741. The fourth-order valence-electron chi connectivity index (χ4n) is 4.10. The van der Waals surface area contributed by atoms with Crippen molar-refractivity contribution in [1.82, 2.24) is 0 Å². The summed E-state index contributed by atoms with van der Waals surface area (Å²) in [5.41, 5.74) is 5.41. The second kappa shape index (κ2) is 3.78. The lowest BCUT2D eigenvalue weighted by Gasteiger charge is -2.27. The van der Waals surface area contributed by atoms with Crippen LogP contribution in [0.2, 0.25) is 0 Å². The lowest BCUT2D eigenvalue weighted by atomic mass is 9.76. The zero-order valence-electron chi connectivity index (χ0n) is 11.6. The van der Waals surface area contributed by atoms with Crippen LogP contribution in [-0.2, 0) is 6.42 Å². The summed E-state index contributed by atoms with van der Waals surface area (Å²) in [6, 6.07) is 5.76. The van der Waals surface area contributed by atoms with Gasteiger partial charge in [-0.2, -0.15) is 0 Å². The van der Waals surface area contributed by atoms with E-state index in [4.69, 9.17) is 0 Å². The van der Waals surface area contributed by atoms with Crippen LogP contribution in [0.4, 0.5) is 0 Å². The number of phenols is 1. The third kappa shape index (κ3) is 1.51. The molecule has 0 radical (unpaired) electrons. The normalized spacial score (nSPS) is 30.6. The van der Waals surface area contributed by atoms with Crippen molar-refractivity contribution in [2.75, 3.05) is 0 Å². The number of hydrogen-bond acceptors (Lipinski definition) is 2. The van der Waals surface area contributed by atoms with Crippen LogP contribution >= 0.6 is 0 Å². The van der Waals surface area contributed by atoms with Gasteiger partial charge in [-0.1, -0.05) is 19.1 Å². The van der Waals surface area contributed by atoms with Gasteiger partial charge in [0.1, 0.15) is 11.5 Å². The first-order valence-corrected chi connectivity index (χ1v) is 7.21. The van der Waals surface area contributed by atoms with Crippen LogP contribution in [0, 0.1) is 5.41 Å². The molecule has 1 spiro atoms. The van der Waals surface area contributed by atoms with E-state index in [0.717, 1.165) is 19.3 Å². The van der Waals surface area contributed by atoms with Crippen LogP contribution in [-0.4, -0.2) is 10.2 Å². The number of fused-ring (bicyclic) bond motifs is 2. The lowest BCUT2D eigenvalue weighted by Crippen LogP contribution is -2.19. The summed E-state index contributed by atoms with van der Waals surface area (Å²) >= 11 is 0. The van der Waals surface area contributed by atoms with Crippen LogP contribution in [0.25, 0.3) is 0 Å². The summed E-state index contributed by atoms with van der Waals surface area (Å²) in [4.78, 5) is 0. The van der Waals surface area contributed by atoms with Crippen LogP contribution < -0.4 is 0 Å². The smallest absolute Gasteiger partial charge is 0.115 e. The summed E-state index contributed by atoms with van der Waals surface area (Å²) < 4.78 is 0. The minimum absolute atomic E-state index is 0.135. The molecule has 102 valence electrons. The van der Waals surface area contributed by atoms with Crippen molar-refractivity contribution < 1.29 is 10.2 Å². The molecule has 1 aromatic rings. The fraction of sp³-hybridized carbons (Fsp3) is 0.333. The topological polar surface area (TPSA) is 40.5 Å². The fourth-order valence-corrected chi connectivity index (χ4v) is 4.10. The van der Waals surface area contributed by atoms with Crippen LogP contribution in [0.5, 0.6) is 5.75 Å². The van der Waals surface area contributed by atoms with Gasteiger partial charge in [0, 0.05) is 5.41 Å². The van der Waals surface area contributed by atoms with Crippen molar-refractivity contribution in [3.05, 3.63) is 64.5 Å². The van der Waals surface area contributed by atoms with Gasteiger partial charge in [-0.3, -0.25) is 0 Å². The highest BCUT2D eigenvalue weighted by atomic mass is 16.3. The van der Waals surface area contributed by atoms with E-state index in [-0.39, 0.29) is 5.41 Å². The molecular formula is C18H18O2. The molecular weight excluding hydrogens is 248 g/mol. The molecule has 0 aromatic heterocycles. The van der Waals surface area contributed by atoms with Crippen molar-refractivity contribution in [1.29, 1.82) is 0 Å². The van der Waals surface area contributed by atoms with Crippen molar-refractivity contribution in [3.63, 3.8) is 0 Å². The van der Waals surface area contributed by atoms with Gasteiger partial charge in [0.05, 0.1) is 0 Å². The number of benzene rings is 1. The van der Waals surface area contributed by atoms with Gasteiger partial charge in [0.15, 0.2) is 0 Å². The SMILES string of the molecule is CC1c2cc(O)ccc2CC12C=C1CC=C(O)C=C1C2. The molecule has 0 bridgehead atoms. The maximum atomic E-state index is 9.72. The second-order valence-electron chi connectivity index (χ2n) is 6.36. The number of rotatable bonds is 0. The first-order chi connectivity index (χ1) is 9.57. The van der Waals surface area contributed by atoms with E-state index in [0.29, 0.717) is 17.4 Å². The molecule has 2 N–H and O–H groups in total. The van der Waals surface area contributed by atoms with Crippen molar-refractivity contribution in [2.24, 2.45) is 5.41 Å². The average molecular weight is 266 g/mol. The highest BCUT2D eigenvalue weighted by molar-refractivity contribution is 5.53. The zero-order chi connectivity index (χ0) is 13.9. The summed E-state index contributed by atoms with van der Waals surface area (Å²) in [5, 5.41) is 19.4. The third-order valence-electron chi connectivity index (χ3n) is 5.22. The number of aliphatic hydroxyl groups is 1. The molecule has 2 atom stereocenters. The van der Waals surface area contributed by atoms with E-state index >= 15 is 0 Å². The Morgan fingerprint density at radius 1 is 1.15 bits per heavy atom. The molecule has 0 amide bonds. The van der Waals surface area contributed by atoms with E-state index in [2.05, 4.69) is 19.1 Å². The minimum atomic E-state index is 0.135. The van der Waals surface area contributed by atoms with Gasteiger partial charge in [-0.25, -0.2) is 0 Å². The summed E-state index contributed by atoms with van der Waals surface area (Å²) in [6.45, 7) is 2.26. The Bertz CT molecular complexity index is 693. The molecule has 3 aliphatic rings. The Morgan fingerprint density at radius 3 is 2.85 bits per heavy atom. The van der Waals surface area contributed by atoms with E-state index in [1.807, 2.05) is 18.2 Å². The first kappa shape index (κ1) is 11.8. The Morgan fingerprint density at radius 2 is 2.00 bits per heavy atom. The predicted molar refractivity (Wildman–Crippen MR) is 78.8 cm³/mol. The maximum Gasteiger partial charge on any atom is 0.115 e. The molecule has 0 aliphatic heterocycles. The van der Waals surface area contributed by atoms with Crippen LogP contribution in [0.15, 0.2) is 53.3 Å². The van der Waals surface area contributed by atoms with Crippen LogP contribution in [0.1, 0.15) is 36.8 Å². The Balaban J connectivity index is 1.76. The lowest BCUT2D eigenvalue weighted by molar-refractivity contribution is 0.355. The number of allylic oxidation sites excluding steroid dienone is 5. The Hall–Kier alpha value is -1.96. The Kier molecular flexibility index (Phi) is 2.24. The van der Waals surface area contributed by atoms with E-state index in [1.54, 1.807) is 6.07 Å². The van der Waals surface area contributed by atoms with Crippen molar-refractivity contribution >= 4 is 0 Å². The van der Waals surface area contributed by atoms with E-state index < -0.39 is 0 Å². The highest BCUT2D eigenvalue weighted by Gasteiger charge is 2.46. The van der Waals surface area contributed by atoms with Gasteiger partial charge >= 0.3 is 0 Å². The Labute approximate surface area is 118 Å². The molecule has 0 fully saturated rings. The largest absolute Gasteiger partial charge is 0.508 e. The molecule has 2 unspecified atom stereocenters. The molecule has 4 rings (SSSR count). The maximum absolute atomic E-state index is 9.72. The molecule has 0 saturated carbocycles. The predicted octanol–water partition coefficient (Wildman–Crippen LogP) is 4.14. The van der Waals surface area contributed by atoms with E-state index in [9.17, 15) is 10.2 Å². The molecule has 20 heavy (non-hydrogen) atoms. The number of hydrogen-bond donors (Lipinski definition) is 2. The van der Waals surface area contributed by atoms with Gasteiger partial charge < -0.3 is 10.2 Å². The van der Waals surface area contributed by atoms with Gasteiger partial charge in [-0.15, -0.1) is 0 Å². The molecule has 2 heteroatoms. The van der Waals surface area contributed by atoms with Crippen LogP contribution in [0.3, 0.4) is 0 Å². The van der Waals surface area contributed by atoms with Crippen molar-refractivity contribution in [2.45, 2.75) is 32.1 Å². The van der Waals surface area contributed by atoms with E-state index in [1.165, 1.54) is 22.3 Å². The minimum Gasteiger partial charge on any atom is -0.508 e. The molecule has 0 saturated heterocycles. The first-order valence-electron chi connectivity index (χ1n) is 7.21. The number of aromatic hydroxyl groups is 1. The molecule has 2 nitrogen and oxygen atoms in total. The number of aliphatic hydroxyl groups excluding tert-OH is 1. The molecule has 3 aliphatic carbocycles. The van der Waals surface area contributed by atoms with Gasteiger partial charge in [-0.05, 0) is 71.7 Å². The standard InChI is InChI=1S/C18H18O2/c1-11-17-7-16(20)5-3-13(17)9-18(11)8-12-2-4-15(19)6-14(12)10-18/h3-8,11,19-20H,2,9-10H2,1H3. The van der Waals surface area contributed by atoms with Gasteiger partial charge in [0.25, 0.3) is 0 Å². The summed E-state index contributed by atoms with van der Waals surface area (Å²) in [7, 11) is 0. The molecule has 0 heterocycles. The zero-order valence-corrected chi connectivity index (χ0v) is 11.6. The summed E-state index contributed by atoms with van der Waals surface area (Å²) in [6.07, 6.45) is 9.09. The summed E-state index contributed by atoms with van der Waals surface area (Å²) in [5.74, 6) is 1.16. The average Bonchev–Trinajstić information content (AvgIpc) is 2.89.